The lowest BCUT2D eigenvalue weighted by atomic mass is 9.90. The van der Waals surface area contributed by atoms with Gasteiger partial charge in [0.05, 0.1) is 23.6 Å². The van der Waals surface area contributed by atoms with Crippen molar-refractivity contribution in [2.75, 3.05) is 32.0 Å². The highest BCUT2D eigenvalue weighted by atomic mass is 35.5. The van der Waals surface area contributed by atoms with Crippen LogP contribution in [0.1, 0.15) is 40.4 Å². The Bertz CT molecular complexity index is 1400. The summed E-state index contributed by atoms with van der Waals surface area (Å²) in [5.74, 6) is 0.939. The number of ether oxygens (including phenoxy) is 1. The fourth-order valence-electron chi connectivity index (χ4n) is 4.76. The van der Waals surface area contributed by atoms with Crippen molar-refractivity contribution in [2.45, 2.75) is 31.5 Å². The molecule has 3 aromatic carbocycles. The van der Waals surface area contributed by atoms with Gasteiger partial charge < -0.3 is 14.6 Å². The minimum absolute atomic E-state index is 0.0281. The molecule has 0 spiro atoms. The highest BCUT2D eigenvalue weighted by Gasteiger charge is 2.34. The number of thiol groups is 1. The number of carbonyl (C=O) groups is 1. The van der Waals surface area contributed by atoms with Crippen LogP contribution in [0.25, 0.3) is 0 Å². The van der Waals surface area contributed by atoms with E-state index in [1.165, 1.54) is 6.07 Å². The topological polar surface area (TPSA) is 67.6 Å². The molecule has 1 N–H and O–H groups in total. The molecule has 4 aromatic rings. The van der Waals surface area contributed by atoms with E-state index in [1.54, 1.807) is 12.1 Å². The van der Waals surface area contributed by atoms with Gasteiger partial charge >= 0.3 is 6.18 Å². The lowest BCUT2D eigenvalue weighted by Gasteiger charge is -2.29. The normalized spacial score (nSPS) is 11.7. The summed E-state index contributed by atoms with van der Waals surface area (Å²) in [7, 11) is 0. The van der Waals surface area contributed by atoms with Gasteiger partial charge in [-0.15, -0.1) is 0 Å². The van der Waals surface area contributed by atoms with Crippen LogP contribution in [0.2, 0.25) is 5.02 Å². The summed E-state index contributed by atoms with van der Waals surface area (Å²) in [5.41, 5.74) is 1.74. The van der Waals surface area contributed by atoms with Crippen LogP contribution in [0, 0.1) is 0 Å². The zero-order valence-electron chi connectivity index (χ0n) is 23.4. The van der Waals surface area contributed by atoms with Gasteiger partial charge in [-0.1, -0.05) is 84.4 Å². The number of nitrogens with one attached hydrogen (secondary N) is 1. The van der Waals surface area contributed by atoms with Gasteiger partial charge in [-0.2, -0.15) is 25.8 Å². The van der Waals surface area contributed by atoms with Crippen molar-refractivity contribution >= 4 is 30.1 Å². The van der Waals surface area contributed by atoms with Crippen molar-refractivity contribution in [1.29, 1.82) is 0 Å². The lowest BCUT2D eigenvalue weighted by Crippen LogP contribution is -2.31. The van der Waals surface area contributed by atoms with E-state index in [4.69, 9.17) is 20.9 Å². The molecule has 0 bridgehead atoms. The minimum Gasteiger partial charge on any atom is -0.475 e. The summed E-state index contributed by atoms with van der Waals surface area (Å²) in [6.45, 7) is 2.01. The Morgan fingerprint density at radius 1 is 1.02 bits per heavy atom. The van der Waals surface area contributed by atoms with Crippen LogP contribution < -0.4 is 10.1 Å². The van der Waals surface area contributed by atoms with Crippen LogP contribution in [0.3, 0.4) is 0 Å². The molecule has 0 unspecified atom stereocenters. The summed E-state index contributed by atoms with van der Waals surface area (Å²) in [5, 5.41) is 6.29. The van der Waals surface area contributed by atoms with E-state index in [0.717, 1.165) is 17.2 Å². The van der Waals surface area contributed by atoms with Gasteiger partial charge in [0.2, 0.25) is 5.91 Å². The van der Waals surface area contributed by atoms with Crippen molar-refractivity contribution < 1.29 is 27.2 Å². The number of halogens is 4. The van der Waals surface area contributed by atoms with Crippen LogP contribution in [0.5, 0.6) is 5.88 Å². The van der Waals surface area contributed by atoms with E-state index in [1.807, 2.05) is 36.4 Å². The molecule has 11 heteroatoms. The smallest absolute Gasteiger partial charge is 0.417 e. The van der Waals surface area contributed by atoms with Crippen molar-refractivity contribution in [1.82, 2.24) is 15.4 Å². The van der Waals surface area contributed by atoms with Crippen molar-refractivity contribution in [3.8, 4) is 5.88 Å². The molecule has 228 valence electrons. The maximum absolute atomic E-state index is 13.6. The maximum Gasteiger partial charge on any atom is 0.417 e. The average molecular weight is 632 g/mol. The Hall–Kier alpha value is -3.47. The third-order valence-electron chi connectivity index (χ3n) is 6.80. The second kappa shape index (κ2) is 15.8. The molecule has 0 saturated heterocycles. The van der Waals surface area contributed by atoms with Crippen LogP contribution in [-0.4, -0.2) is 48.0 Å². The lowest BCUT2D eigenvalue weighted by molar-refractivity contribution is -0.137. The fraction of sp³-hybridized carbons (Fsp3) is 0.312. The summed E-state index contributed by atoms with van der Waals surface area (Å²) in [6, 6.07) is 25.6. The molecule has 0 aliphatic heterocycles. The van der Waals surface area contributed by atoms with Crippen LogP contribution in [0.4, 0.5) is 13.2 Å². The third kappa shape index (κ3) is 9.77. The Balaban J connectivity index is 1.48. The first-order valence-electron chi connectivity index (χ1n) is 13.9. The minimum atomic E-state index is -4.55. The first kappa shape index (κ1) is 32.4. The molecule has 1 heterocycles. The van der Waals surface area contributed by atoms with Crippen LogP contribution in [0.15, 0.2) is 89.5 Å². The molecule has 1 amide bonds. The third-order valence-corrected chi connectivity index (χ3v) is 7.47. The van der Waals surface area contributed by atoms with E-state index in [-0.39, 0.29) is 42.3 Å². The largest absolute Gasteiger partial charge is 0.475 e. The van der Waals surface area contributed by atoms with Gasteiger partial charge in [-0.25, -0.2) is 0 Å². The number of amides is 1. The second-order valence-electron chi connectivity index (χ2n) is 9.97. The number of hydrogen-bond donors (Lipinski definition) is 2. The maximum atomic E-state index is 13.6. The quantitative estimate of drug-likeness (QED) is 0.109. The van der Waals surface area contributed by atoms with Crippen molar-refractivity contribution in [2.24, 2.45) is 0 Å². The molecule has 0 fully saturated rings. The molecule has 0 radical (unpaired) electrons. The van der Waals surface area contributed by atoms with E-state index in [9.17, 15) is 18.0 Å². The van der Waals surface area contributed by atoms with E-state index >= 15 is 0 Å². The Labute approximate surface area is 259 Å². The summed E-state index contributed by atoms with van der Waals surface area (Å²) >= 11 is 10.4. The highest BCUT2D eigenvalue weighted by Crippen LogP contribution is 2.37. The van der Waals surface area contributed by atoms with Crippen molar-refractivity contribution in [3.05, 3.63) is 118 Å². The van der Waals surface area contributed by atoms with E-state index in [0.29, 0.717) is 43.1 Å². The predicted octanol–water partition coefficient (Wildman–Crippen LogP) is 7.04. The molecule has 43 heavy (non-hydrogen) atoms. The molecular formula is C32H33ClF3N3O3S. The molecule has 1 aromatic heterocycles. The Morgan fingerprint density at radius 3 is 2.33 bits per heavy atom. The van der Waals surface area contributed by atoms with Gasteiger partial charge in [0.1, 0.15) is 5.76 Å². The summed E-state index contributed by atoms with van der Waals surface area (Å²) in [6.07, 6.45) is -3.96. The molecule has 0 aliphatic rings. The first-order valence-corrected chi connectivity index (χ1v) is 14.9. The monoisotopic (exact) mass is 631 g/mol. The first-order chi connectivity index (χ1) is 20.7. The van der Waals surface area contributed by atoms with E-state index in [2.05, 4.69) is 52.3 Å². The zero-order chi connectivity index (χ0) is 30.7. The van der Waals surface area contributed by atoms with Gasteiger partial charge in [0, 0.05) is 43.9 Å². The van der Waals surface area contributed by atoms with Gasteiger partial charge in [-0.3, -0.25) is 9.69 Å². The number of aromatic nitrogens is 1. The second-order valence-corrected chi connectivity index (χ2v) is 10.8. The number of benzene rings is 3. The average Bonchev–Trinajstić information content (AvgIpc) is 3.44. The number of nitrogens with zero attached hydrogens (tertiary/aromatic N) is 2. The highest BCUT2D eigenvalue weighted by molar-refractivity contribution is 7.80. The number of rotatable bonds is 15. The van der Waals surface area contributed by atoms with Gasteiger partial charge in [-0.05, 0) is 34.3 Å². The van der Waals surface area contributed by atoms with Crippen LogP contribution >= 0.6 is 24.2 Å². The molecule has 6 nitrogen and oxygen atoms in total. The van der Waals surface area contributed by atoms with Crippen molar-refractivity contribution in [3.63, 3.8) is 0 Å². The van der Waals surface area contributed by atoms with Gasteiger partial charge in [0.25, 0.3) is 5.88 Å². The predicted molar refractivity (Wildman–Crippen MR) is 164 cm³/mol. The standard InChI is InChI=1S/C32H33ClF3N3O3S/c33-31-25(13-7-14-28(31)32(34,35)36)21-39(22-27(23-9-3-1-4-10-23)24-11-5-2-6-12-24)16-8-17-41-30-20-26(42-38-30)19-29(40)37-15-18-43/h1-7,9-14,20,27,43H,8,15-19,21-22H2,(H,37,40). The summed E-state index contributed by atoms with van der Waals surface area (Å²) < 4.78 is 51.8. The fourth-order valence-corrected chi connectivity index (χ4v) is 5.16. The number of hydrogen-bond acceptors (Lipinski definition) is 6. The molecule has 0 atom stereocenters. The Morgan fingerprint density at radius 2 is 1.70 bits per heavy atom. The molecule has 0 aliphatic carbocycles. The Kier molecular flexibility index (Phi) is 12.0. The molecule has 4 rings (SSSR count). The molecule has 0 saturated carbocycles. The zero-order valence-corrected chi connectivity index (χ0v) is 25.0. The van der Waals surface area contributed by atoms with Gasteiger partial charge in [0.15, 0.2) is 0 Å². The molecular weight excluding hydrogens is 599 g/mol. The summed E-state index contributed by atoms with van der Waals surface area (Å²) in [4.78, 5) is 14.0. The van der Waals surface area contributed by atoms with E-state index < -0.39 is 11.7 Å². The number of carbonyl (C=O) groups excluding carboxylic acids is 1. The van der Waals surface area contributed by atoms with Crippen LogP contribution in [-0.2, 0) is 23.9 Å². The SMILES string of the molecule is O=C(Cc1cc(OCCCN(Cc2cccc(C(F)(F)F)c2Cl)CC(c2ccccc2)c2ccccc2)no1)NCCS. The number of alkyl halides is 3.